The smallest absolute Gasteiger partial charge is 0.414 e. The van der Waals surface area contributed by atoms with Crippen LogP contribution in [0.25, 0.3) is 0 Å². The molecular weight excluding hydrogens is 455 g/mol. The zero-order valence-electron chi connectivity index (χ0n) is 20.4. The number of benzene rings is 1. The number of hydrogen-bond donors (Lipinski definition) is 1. The van der Waals surface area contributed by atoms with Gasteiger partial charge in [-0.1, -0.05) is 19.1 Å². The van der Waals surface area contributed by atoms with Crippen molar-refractivity contribution in [3.63, 3.8) is 0 Å². The number of likely N-dealkylation sites (tertiary alicyclic amines) is 1. The quantitative estimate of drug-likeness (QED) is 0.440. The molecule has 5 atom stereocenters. The number of carbonyl (C=O) groups excluding carboxylic acids is 2. The van der Waals surface area contributed by atoms with Crippen LogP contribution in [-0.2, 0) is 20.7 Å². The first kappa shape index (κ1) is 25.1. The Balaban J connectivity index is 1.38. The Hall–Kier alpha value is -1.97. The largest absolute Gasteiger partial charge is 0.447 e. The van der Waals surface area contributed by atoms with Gasteiger partial charge in [0.15, 0.2) is 0 Å². The highest BCUT2D eigenvalue weighted by molar-refractivity contribution is 6.72. The minimum Gasteiger partial charge on any atom is -0.447 e. The highest BCUT2D eigenvalue weighted by Gasteiger charge is 2.52. The van der Waals surface area contributed by atoms with E-state index < -0.39 is 14.5 Å². The fraction of sp³-hybridized carbons (Fsp3) is 0.680. The third-order valence-electron chi connectivity index (χ3n) is 7.71. The molecule has 0 aromatic heterocycles. The van der Waals surface area contributed by atoms with Gasteiger partial charge in [0.25, 0.3) is 0 Å². The summed E-state index contributed by atoms with van der Waals surface area (Å²) in [5, 5.41) is 9.58. The van der Waals surface area contributed by atoms with E-state index in [0.717, 1.165) is 36.9 Å². The first-order valence-corrected chi connectivity index (χ1v) is 15.4. The summed E-state index contributed by atoms with van der Waals surface area (Å²) in [5.74, 6) is 0.00371. The molecule has 1 aromatic carbocycles. The number of aliphatic hydroxyl groups is 1. The van der Waals surface area contributed by atoms with Crippen molar-refractivity contribution in [2.75, 3.05) is 31.2 Å². The molecule has 2 amide bonds. The first-order valence-electron chi connectivity index (χ1n) is 12.5. The van der Waals surface area contributed by atoms with Gasteiger partial charge in [-0.3, -0.25) is 9.69 Å². The number of anilines is 1. The number of ether oxygens (including phenoxy) is 2. The van der Waals surface area contributed by atoms with Gasteiger partial charge < -0.3 is 23.6 Å². The van der Waals surface area contributed by atoms with Crippen molar-refractivity contribution in [2.45, 2.75) is 75.9 Å². The summed E-state index contributed by atoms with van der Waals surface area (Å²) in [4.78, 5) is 28.1. The molecule has 3 aliphatic heterocycles. The number of aryl methyl sites for hydroxylation is 1. The van der Waals surface area contributed by atoms with Gasteiger partial charge in [-0.25, -0.2) is 4.79 Å². The molecule has 7 nitrogen and oxygen atoms in total. The molecule has 0 spiro atoms. The van der Waals surface area contributed by atoms with Gasteiger partial charge >= 0.3 is 6.09 Å². The lowest BCUT2D eigenvalue weighted by Crippen LogP contribution is -2.42. The van der Waals surface area contributed by atoms with Gasteiger partial charge in [0.1, 0.15) is 6.61 Å². The Kier molecular flexibility index (Phi) is 7.64. The Morgan fingerprint density at radius 3 is 2.56 bits per heavy atom. The summed E-state index contributed by atoms with van der Waals surface area (Å²) in [6.07, 6.45) is 2.59. The van der Waals surface area contributed by atoms with Crippen LogP contribution in [-0.4, -0.2) is 75.0 Å². The molecule has 0 saturated carbocycles. The SMILES string of the molecule is C[C@@H]1[C@@H]([Si](C)(C)F)[C@H](CC(=O)N2CCC[C@H]2CO)O[C@@H]1CCc1ccc(N2CCOC2=O)cc1. The number of aliphatic hydroxyl groups excluding tert-OH is 1. The molecule has 3 fully saturated rings. The molecule has 188 valence electrons. The van der Waals surface area contributed by atoms with Crippen LogP contribution < -0.4 is 4.90 Å². The van der Waals surface area contributed by atoms with Gasteiger partial charge in [-0.2, -0.15) is 0 Å². The van der Waals surface area contributed by atoms with Crippen LogP contribution in [0.5, 0.6) is 0 Å². The summed E-state index contributed by atoms with van der Waals surface area (Å²) in [6, 6.07) is 7.75. The summed E-state index contributed by atoms with van der Waals surface area (Å²) in [5.41, 5.74) is 1.71. The van der Waals surface area contributed by atoms with Crippen LogP contribution in [0.1, 0.15) is 38.2 Å². The van der Waals surface area contributed by atoms with Gasteiger partial charge in [0.2, 0.25) is 14.3 Å². The monoisotopic (exact) mass is 492 g/mol. The Bertz CT molecular complexity index is 877. The van der Waals surface area contributed by atoms with Crippen molar-refractivity contribution in [3.05, 3.63) is 29.8 Å². The molecule has 0 unspecified atom stereocenters. The number of hydrogen-bond acceptors (Lipinski definition) is 5. The van der Waals surface area contributed by atoms with Gasteiger partial charge in [-0.05, 0) is 62.4 Å². The van der Waals surface area contributed by atoms with Crippen molar-refractivity contribution < 1.29 is 28.3 Å². The van der Waals surface area contributed by atoms with Crippen LogP contribution >= 0.6 is 0 Å². The second-order valence-corrected chi connectivity index (χ2v) is 14.2. The molecule has 1 aromatic rings. The fourth-order valence-electron chi connectivity index (χ4n) is 6.00. The summed E-state index contributed by atoms with van der Waals surface area (Å²) in [7, 11) is -3.06. The van der Waals surface area contributed by atoms with Crippen molar-refractivity contribution in [2.24, 2.45) is 5.92 Å². The van der Waals surface area contributed by atoms with Crippen LogP contribution in [0.15, 0.2) is 24.3 Å². The third kappa shape index (κ3) is 5.31. The maximum Gasteiger partial charge on any atom is 0.414 e. The number of amides is 2. The minimum absolute atomic E-state index is 0.0270. The predicted octanol–water partition coefficient (Wildman–Crippen LogP) is 3.90. The van der Waals surface area contributed by atoms with Crippen LogP contribution in [0.3, 0.4) is 0 Å². The van der Waals surface area contributed by atoms with E-state index in [1.54, 1.807) is 22.9 Å². The fourth-order valence-corrected chi connectivity index (χ4v) is 8.54. The molecule has 4 rings (SSSR count). The van der Waals surface area contributed by atoms with Gasteiger partial charge in [-0.15, -0.1) is 0 Å². The van der Waals surface area contributed by atoms with Gasteiger partial charge in [0, 0.05) is 17.8 Å². The van der Waals surface area contributed by atoms with Crippen LogP contribution in [0, 0.1) is 5.92 Å². The minimum atomic E-state index is -3.06. The summed E-state index contributed by atoms with van der Waals surface area (Å²) >= 11 is 0. The topological polar surface area (TPSA) is 79.3 Å². The number of rotatable bonds is 8. The van der Waals surface area contributed by atoms with E-state index in [2.05, 4.69) is 6.92 Å². The molecule has 0 bridgehead atoms. The first-order chi connectivity index (χ1) is 16.2. The molecule has 3 heterocycles. The summed E-state index contributed by atoms with van der Waals surface area (Å²) < 4.78 is 26.7. The highest BCUT2D eigenvalue weighted by atomic mass is 28.4. The van der Waals surface area contributed by atoms with Crippen molar-refractivity contribution in [1.82, 2.24) is 4.90 Å². The van der Waals surface area contributed by atoms with E-state index in [1.807, 2.05) is 24.3 Å². The number of carbonyl (C=O) groups is 2. The van der Waals surface area contributed by atoms with E-state index in [-0.39, 0.29) is 48.6 Å². The molecule has 34 heavy (non-hydrogen) atoms. The molecule has 0 aliphatic carbocycles. The lowest BCUT2D eigenvalue weighted by Gasteiger charge is -2.30. The second-order valence-electron chi connectivity index (χ2n) is 10.4. The van der Waals surface area contributed by atoms with E-state index in [4.69, 9.17) is 9.47 Å². The third-order valence-corrected chi connectivity index (χ3v) is 10.2. The van der Waals surface area contributed by atoms with Crippen molar-refractivity contribution in [3.8, 4) is 0 Å². The zero-order valence-corrected chi connectivity index (χ0v) is 21.4. The number of nitrogens with zero attached hydrogens (tertiary/aromatic N) is 2. The molecule has 9 heteroatoms. The lowest BCUT2D eigenvalue weighted by molar-refractivity contribution is -0.135. The number of cyclic esters (lactones) is 1. The maximum absolute atomic E-state index is 15.4. The van der Waals surface area contributed by atoms with E-state index in [0.29, 0.717) is 19.7 Å². The average Bonchev–Trinajstić information content (AvgIpc) is 3.51. The van der Waals surface area contributed by atoms with E-state index >= 15 is 4.11 Å². The second kappa shape index (κ2) is 10.3. The highest BCUT2D eigenvalue weighted by Crippen LogP contribution is 2.47. The zero-order chi connectivity index (χ0) is 24.5. The Labute approximate surface area is 202 Å². The summed E-state index contributed by atoms with van der Waals surface area (Å²) in [6.45, 7) is 7.09. The maximum atomic E-state index is 15.4. The molecule has 0 radical (unpaired) electrons. The van der Waals surface area contributed by atoms with Gasteiger partial charge in [0.05, 0.1) is 37.8 Å². The Morgan fingerprint density at radius 2 is 1.94 bits per heavy atom. The van der Waals surface area contributed by atoms with Crippen molar-refractivity contribution >= 4 is 26.1 Å². The normalized spacial score (nSPS) is 29.7. The average molecular weight is 493 g/mol. The van der Waals surface area contributed by atoms with Crippen molar-refractivity contribution in [1.29, 1.82) is 0 Å². The molecule has 1 N–H and O–H groups in total. The molecular formula is C25H37FN2O5Si. The Morgan fingerprint density at radius 1 is 1.21 bits per heavy atom. The molecule has 3 saturated heterocycles. The van der Waals surface area contributed by atoms with Crippen LogP contribution in [0.4, 0.5) is 14.6 Å². The number of halogens is 1. The van der Waals surface area contributed by atoms with E-state index in [1.165, 1.54) is 0 Å². The van der Waals surface area contributed by atoms with E-state index in [9.17, 15) is 14.7 Å². The lowest BCUT2D eigenvalue weighted by atomic mass is 9.95. The standard InChI is InChI=1S/C25H37FN2O5Si/c1-17-21(11-8-18-6-9-19(10-7-18)28-13-14-32-25(28)31)33-22(24(17)34(2,3)26)15-23(30)27-12-4-5-20(27)16-29/h6-7,9-10,17,20-22,24,29H,4-5,8,11-16H2,1-3H3/t17-,20-,21+,22-,24+/m0/s1. The predicted molar refractivity (Wildman–Crippen MR) is 130 cm³/mol. The molecule has 3 aliphatic rings. The van der Waals surface area contributed by atoms with Crippen LogP contribution in [0.2, 0.25) is 18.6 Å².